The van der Waals surface area contributed by atoms with E-state index in [1.54, 1.807) is 19.1 Å². The van der Waals surface area contributed by atoms with Gasteiger partial charge in [-0.15, -0.1) is 0 Å². The lowest BCUT2D eigenvalue weighted by atomic mass is 10.1. The van der Waals surface area contributed by atoms with Crippen molar-refractivity contribution in [1.82, 2.24) is 9.71 Å². The van der Waals surface area contributed by atoms with Crippen molar-refractivity contribution in [2.45, 2.75) is 25.2 Å². The highest BCUT2D eigenvalue weighted by atomic mass is 35.5. The van der Waals surface area contributed by atoms with Crippen LogP contribution in [0.3, 0.4) is 0 Å². The molecule has 0 atom stereocenters. The molecule has 3 aromatic rings. The largest absolute Gasteiger partial charge is 0.358 e. The van der Waals surface area contributed by atoms with Gasteiger partial charge in [-0.05, 0) is 55.7 Å². The van der Waals surface area contributed by atoms with Crippen LogP contribution in [0.1, 0.15) is 16.8 Å². The van der Waals surface area contributed by atoms with Gasteiger partial charge in [0.15, 0.2) is 0 Å². The fourth-order valence-corrected chi connectivity index (χ4v) is 4.07. The lowest BCUT2D eigenvalue weighted by molar-refractivity contribution is 0.581. The van der Waals surface area contributed by atoms with Gasteiger partial charge in [0.2, 0.25) is 10.0 Å². The molecule has 0 bridgehead atoms. The van der Waals surface area contributed by atoms with Crippen molar-refractivity contribution in [3.05, 3.63) is 64.3 Å². The van der Waals surface area contributed by atoms with Gasteiger partial charge in [-0.3, -0.25) is 0 Å². The van der Waals surface area contributed by atoms with E-state index >= 15 is 0 Å². The van der Waals surface area contributed by atoms with Gasteiger partial charge in [0.05, 0.1) is 4.90 Å². The van der Waals surface area contributed by atoms with Gasteiger partial charge in [0.1, 0.15) is 0 Å². The standard InChI is InChI=1S/C18H19ClN2O2S/c1-12-11-14(7-8-17(12)19)24(22,23)20-10-9-15-13(2)21-18-6-4-3-5-16(15)18/h3-8,11,20-21H,9-10H2,1-2H3. The summed E-state index contributed by atoms with van der Waals surface area (Å²) < 4.78 is 27.5. The maximum Gasteiger partial charge on any atom is 0.240 e. The molecule has 24 heavy (non-hydrogen) atoms. The third-order valence-corrected chi connectivity index (χ3v) is 6.02. The molecule has 0 saturated heterocycles. The zero-order chi connectivity index (χ0) is 17.3. The van der Waals surface area contributed by atoms with Crippen LogP contribution in [0, 0.1) is 13.8 Å². The van der Waals surface area contributed by atoms with Crippen LogP contribution in [0.2, 0.25) is 5.02 Å². The molecule has 0 aliphatic heterocycles. The first-order valence-corrected chi connectivity index (χ1v) is 9.56. The Morgan fingerprint density at radius 3 is 2.62 bits per heavy atom. The molecule has 3 rings (SSSR count). The molecule has 4 nitrogen and oxygen atoms in total. The van der Waals surface area contributed by atoms with Crippen molar-refractivity contribution >= 4 is 32.5 Å². The van der Waals surface area contributed by atoms with Crippen LogP contribution in [0.4, 0.5) is 0 Å². The molecule has 1 heterocycles. The number of sulfonamides is 1. The van der Waals surface area contributed by atoms with Crippen molar-refractivity contribution in [3.63, 3.8) is 0 Å². The second kappa shape index (κ2) is 6.59. The first-order chi connectivity index (χ1) is 11.4. The molecule has 0 aliphatic carbocycles. The highest BCUT2D eigenvalue weighted by Gasteiger charge is 2.15. The second-order valence-electron chi connectivity index (χ2n) is 5.83. The Morgan fingerprint density at radius 2 is 1.88 bits per heavy atom. The van der Waals surface area contributed by atoms with Gasteiger partial charge < -0.3 is 4.98 Å². The number of halogens is 1. The molecule has 0 amide bonds. The zero-order valence-corrected chi connectivity index (χ0v) is 15.1. The average Bonchev–Trinajstić information content (AvgIpc) is 2.86. The van der Waals surface area contributed by atoms with Crippen LogP contribution >= 0.6 is 11.6 Å². The van der Waals surface area contributed by atoms with Crippen molar-refractivity contribution in [2.75, 3.05) is 6.54 Å². The summed E-state index contributed by atoms with van der Waals surface area (Å²) in [5.41, 5.74) is 4.02. The first-order valence-electron chi connectivity index (χ1n) is 7.70. The Balaban J connectivity index is 1.75. The lowest BCUT2D eigenvalue weighted by Crippen LogP contribution is -2.26. The van der Waals surface area contributed by atoms with Crippen LogP contribution < -0.4 is 4.72 Å². The lowest BCUT2D eigenvalue weighted by Gasteiger charge is -2.08. The molecule has 126 valence electrons. The number of aromatic nitrogens is 1. The van der Waals surface area contributed by atoms with Gasteiger partial charge in [-0.1, -0.05) is 29.8 Å². The number of para-hydroxylation sites is 1. The topological polar surface area (TPSA) is 62.0 Å². The summed E-state index contributed by atoms with van der Waals surface area (Å²) in [5, 5.41) is 1.69. The number of aromatic amines is 1. The van der Waals surface area contributed by atoms with Gasteiger partial charge in [0, 0.05) is 28.2 Å². The summed E-state index contributed by atoms with van der Waals surface area (Å²) in [6.45, 7) is 4.13. The van der Waals surface area contributed by atoms with Gasteiger partial charge >= 0.3 is 0 Å². The Kier molecular flexibility index (Phi) is 4.67. The van der Waals surface area contributed by atoms with E-state index in [9.17, 15) is 8.42 Å². The van der Waals surface area contributed by atoms with Crippen molar-refractivity contribution in [3.8, 4) is 0 Å². The number of benzene rings is 2. The third-order valence-electron chi connectivity index (χ3n) is 4.13. The number of H-pyrrole nitrogens is 1. The Morgan fingerprint density at radius 1 is 1.12 bits per heavy atom. The summed E-state index contributed by atoms with van der Waals surface area (Å²) in [7, 11) is -3.54. The van der Waals surface area contributed by atoms with Gasteiger partial charge in [-0.25, -0.2) is 13.1 Å². The molecule has 1 aromatic heterocycles. The normalized spacial score (nSPS) is 12.0. The van der Waals surface area contributed by atoms with Crippen molar-refractivity contribution < 1.29 is 8.42 Å². The molecular weight excluding hydrogens is 344 g/mol. The van der Waals surface area contributed by atoms with E-state index in [1.807, 2.05) is 31.2 Å². The molecule has 2 N–H and O–H groups in total. The van der Waals surface area contributed by atoms with Crippen molar-refractivity contribution in [2.24, 2.45) is 0 Å². The molecule has 0 saturated carbocycles. The molecule has 0 aliphatic rings. The number of hydrogen-bond donors (Lipinski definition) is 2. The summed E-state index contributed by atoms with van der Waals surface area (Å²) >= 11 is 5.96. The minimum absolute atomic E-state index is 0.236. The minimum Gasteiger partial charge on any atom is -0.358 e. The average molecular weight is 363 g/mol. The molecule has 0 radical (unpaired) electrons. The first kappa shape index (κ1) is 17.0. The molecule has 6 heteroatoms. The van der Waals surface area contributed by atoms with Crippen LogP contribution in [-0.4, -0.2) is 19.9 Å². The van der Waals surface area contributed by atoms with E-state index in [2.05, 4.69) is 9.71 Å². The number of rotatable bonds is 5. The van der Waals surface area contributed by atoms with E-state index in [-0.39, 0.29) is 4.90 Å². The van der Waals surface area contributed by atoms with Crippen molar-refractivity contribution in [1.29, 1.82) is 0 Å². The molecule has 2 aromatic carbocycles. The second-order valence-corrected chi connectivity index (χ2v) is 8.01. The van der Waals surface area contributed by atoms with Crippen LogP contribution in [0.15, 0.2) is 47.4 Å². The fourth-order valence-electron chi connectivity index (χ4n) is 2.83. The third kappa shape index (κ3) is 3.34. The minimum atomic E-state index is -3.54. The Hall–Kier alpha value is -1.82. The van der Waals surface area contributed by atoms with Gasteiger partial charge in [-0.2, -0.15) is 0 Å². The van der Waals surface area contributed by atoms with Crippen LogP contribution in [0.25, 0.3) is 10.9 Å². The predicted molar refractivity (Wildman–Crippen MR) is 98.1 cm³/mol. The quantitative estimate of drug-likeness (QED) is 0.721. The number of hydrogen-bond acceptors (Lipinski definition) is 2. The number of aryl methyl sites for hydroxylation is 2. The van der Waals surface area contributed by atoms with Gasteiger partial charge in [0.25, 0.3) is 0 Å². The fraction of sp³-hybridized carbons (Fsp3) is 0.222. The maximum absolute atomic E-state index is 12.4. The summed E-state index contributed by atoms with van der Waals surface area (Å²) in [6.07, 6.45) is 0.627. The maximum atomic E-state index is 12.4. The van der Waals surface area contributed by atoms with E-state index in [1.165, 1.54) is 6.07 Å². The van der Waals surface area contributed by atoms with Crippen LogP contribution in [0.5, 0.6) is 0 Å². The summed E-state index contributed by atoms with van der Waals surface area (Å²) in [5.74, 6) is 0. The zero-order valence-electron chi connectivity index (χ0n) is 13.6. The summed E-state index contributed by atoms with van der Waals surface area (Å²) in [4.78, 5) is 3.56. The molecular formula is C18H19ClN2O2S. The molecule has 0 fully saturated rings. The van der Waals surface area contributed by atoms with E-state index in [0.29, 0.717) is 18.0 Å². The Labute approximate surface area is 146 Å². The van der Waals surface area contributed by atoms with E-state index in [0.717, 1.165) is 27.7 Å². The number of fused-ring (bicyclic) bond motifs is 1. The summed E-state index contributed by atoms with van der Waals surface area (Å²) in [6, 6.07) is 12.7. The monoisotopic (exact) mass is 362 g/mol. The predicted octanol–water partition coefficient (Wildman–Crippen LogP) is 3.96. The smallest absolute Gasteiger partial charge is 0.240 e. The Bertz CT molecular complexity index is 993. The molecule has 0 spiro atoms. The highest BCUT2D eigenvalue weighted by Crippen LogP contribution is 2.22. The molecule has 0 unspecified atom stereocenters. The van der Waals surface area contributed by atoms with Crippen LogP contribution in [-0.2, 0) is 16.4 Å². The van der Waals surface area contributed by atoms with E-state index in [4.69, 9.17) is 11.6 Å². The number of nitrogens with one attached hydrogen (secondary N) is 2. The van der Waals surface area contributed by atoms with E-state index < -0.39 is 10.0 Å². The SMILES string of the molecule is Cc1cc(S(=O)(=O)NCCc2c(C)[nH]c3ccccc23)ccc1Cl. The highest BCUT2D eigenvalue weighted by molar-refractivity contribution is 7.89.